The number of benzene rings is 2. The summed E-state index contributed by atoms with van der Waals surface area (Å²) in [6, 6.07) is 15.9. The molecule has 2 aromatic carbocycles. The number of carbonyl (C=O) groups excluding carboxylic acids is 1. The predicted molar refractivity (Wildman–Crippen MR) is 101 cm³/mol. The van der Waals surface area contributed by atoms with Gasteiger partial charge in [0.1, 0.15) is 0 Å². The average molecular weight is 347 g/mol. The van der Waals surface area contributed by atoms with E-state index in [0.29, 0.717) is 17.9 Å². The molecule has 0 saturated heterocycles. The second-order valence-corrected chi connectivity index (χ2v) is 6.56. The summed E-state index contributed by atoms with van der Waals surface area (Å²) >= 11 is 0. The smallest absolute Gasteiger partial charge is 0.165 e. The lowest BCUT2D eigenvalue weighted by atomic mass is 9.80. The molecule has 1 atom stereocenters. The van der Waals surface area contributed by atoms with Crippen LogP contribution < -0.4 is 9.47 Å². The molecule has 0 amide bonds. The summed E-state index contributed by atoms with van der Waals surface area (Å²) in [6.45, 7) is 0. The number of aromatic amines is 1. The molecule has 4 rings (SSSR count). The highest BCUT2D eigenvalue weighted by atomic mass is 16.5. The molecule has 0 bridgehead atoms. The molecule has 1 N–H and O–H groups in total. The zero-order valence-corrected chi connectivity index (χ0v) is 14.9. The highest BCUT2D eigenvalue weighted by Gasteiger charge is 2.30. The van der Waals surface area contributed by atoms with Gasteiger partial charge in [-0.15, -0.1) is 0 Å². The molecular formula is C22H21NO3. The lowest BCUT2D eigenvalue weighted by molar-refractivity contribution is 0.0964. The number of methoxy groups -OCH3 is 2. The van der Waals surface area contributed by atoms with E-state index < -0.39 is 0 Å². The molecule has 0 saturated carbocycles. The molecule has 1 aromatic heterocycles. The number of H-pyrrole nitrogens is 1. The summed E-state index contributed by atoms with van der Waals surface area (Å²) in [5, 5.41) is 0. The van der Waals surface area contributed by atoms with Crippen LogP contribution in [0.15, 0.2) is 54.7 Å². The Bertz CT molecular complexity index is 943. The fraction of sp³-hybridized carbons (Fsp3) is 0.227. The number of rotatable bonds is 4. The number of ether oxygens (including phenoxy) is 2. The predicted octanol–water partition coefficient (Wildman–Crippen LogP) is 4.61. The molecule has 1 aliphatic rings. The van der Waals surface area contributed by atoms with Crippen molar-refractivity contribution in [2.45, 2.75) is 18.8 Å². The second-order valence-electron chi connectivity index (χ2n) is 6.56. The van der Waals surface area contributed by atoms with Crippen molar-refractivity contribution in [3.05, 3.63) is 71.5 Å². The van der Waals surface area contributed by atoms with Crippen LogP contribution in [0.3, 0.4) is 0 Å². The number of fused-ring (bicyclic) bond motifs is 1. The van der Waals surface area contributed by atoms with E-state index in [4.69, 9.17) is 9.47 Å². The first kappa shape index (κ1) is 16.5. The van der Waals surface area contributed by atoms with Gasteiger partial charge in [-0.3, -0.25) is 4.79 Å². The number of Topliss-reactive ketones (excluding diaryl/α,β-unsaturated/α-hetero) is 1. The third kappa shape index (κ3) is 2.77. The summed E-state index contributed by atoms with van der Waals surface area (Å²) in [5.41, 5.74) is 5.02. The van der Waals surface area contributed by atoms with E-state index in [1.165, 1.54) is 0 Å². The highest BCUT2D eigenvalue weighted by molar-refractivity contribution is 6.05. The van der Waals surface area contributed by atoms with Gasteiger partial charge in [-0.2, -0.15) is 0 Å². The van der Waals surface area contributed by atoms with E-state index >= 15 is 0 Å². The van der Waals surface area contributed by atoms with Gasteiger partial charge in [0.2, 0.25) is 0 Å². The quantitative estimate of drug-likeness (QED) is 0.750. The number of ketones is 1. The molecule has 0 radical (unpaired) electrons. The van der Waals surface area contributed by atoms with Crippen LogP contribution in [0.25, 0.3) is 11.1 Å². The van der Waals surface area contributed by atoms with E-state index in [-0.39, 0.29) is 11.7 Å². The summed E-state index contributed by atoms with van der Waals surface area (Å²) < 4.78 is 10.7. The highest BCUT2D eigenvalue weighted by Crippen LogP contribution is 2.39. The Morgan fingerprint density at radius 1 is 0.962 bits per heavy atom. The van der Waals surface area contributed by atoms with Gasteiger partial charge >= 0.3 is 0 Å². The van der Waals surface area contributed by atoms with Crippen LogP contribution in [0.4, 0.5) is 0 Å². The van der Waals surface area contributed by atoms with Gasteiger partial charge < -0.3 is 14.5 Å². The Balaban J connectivity index is 1.68. The topological polar surface area (TPSA) is 51.3 Å². The van der Waals surface area contributed by atoms with Gasteiger partial charge in [0.05, 0.1) is 14.2 Å². The van der Waals surface area contributed by atoms with Crippen LogP contribution >= 0.6 is 0 Å². The van der Waals surface area contributed by atoms with Crippen molar-refractivity contribution >= 4 is 5.78 Å². The lowest BCUT2D eigenvalue weighted by Gasteiger charge is -2.23. The van der Waals surface area contributed by atoms with Crippen LogP contribution in [0.2, 0.25) is 0 Å². The van der Waals surface area contributed by atoms with E-state index in [1.807, 2.05) is 54.7 Å². The molecule has 1 aliphatic carbocycles. The van der Waals surface area contributed by atoms with Gasteiger partial charge in [0.15, 0.2) is 17.3 Å². The molecule has 26 heavy (non-hydrogen) atoms. The maximum absolute atomic E-state index is 12.9. The number of hydrogen-bond donors (Lipinski definition) is 1. The molecule has 4 nitrogen and oxygen atoms in total. The molecule has 1 heterocycles. The Morgan fingerprint density at radius 3 is 2.46 bits per heavy atom. The van der Waals surface area contributed by atoms with Crippen molar-refractivity contribution in [1.82, 2.24) is 4.98 Å². The van der Waals surface area contributed by atoms with E-state index in [0.717, 1.165) is 34.4 Å². The Labute approximate surface area is 152 Å². The second kappa shape index (κ2) is 6.71. The molecule has 0 aliphatic heterocycles. The summed E-state index contributed by atoms with van der Waals surface area (Å²) in [6.07, 6.45) is 3.26. The number of carbonyl (C=O) groups is 1. The van der Waals surface area contributed by atoms with Gasteiger partial charge in [-0.05, 0) is 35.6 Å². The number of hydrogen-bond acceptors (Lipinski definition) is 3. The SMILES string of the molecule is COc1ccc([C@H]2CC(=O)c3c(-c4ccccc4)c[nH]c3C2)cc1OC. The third-order valence-electron chi connectivity index (χ3n) is 5.09. The fourth-order valence-electron chi connectivity index (χ4n) is 3.78. The maximum Gasteiger partial charge on any atom is 0.165 e. The number of aromatic nitrogens is 1. The summed E-state index contributed by atoms with van der Waals surface area (Å²) in [5.74, 6) is 1.72. The standard InChI is InChI=1S/C22H21NO3/c1-25-20-9-8-15(12-21(20)26-2)16-10-18-22(19(24)11-16)17(13-23-18)14-6-4-3-5-7-14/h3-9,12-13,16,23H,10-11H2,1-2H3/t16-/m1/s1. The Hall–Kier alpha value is -3.01. The monoisotopic (exact) mass is 347 g/mol. The molecular weight excluding hydrogens is 326 g/mol. The molecule has 0 spiro atoms. The first-order valence-corrected chi connectivity index (χ1v) is 8.72. The van der Waals surface area contributed by atoms with E-state index in [2.05, 4.69) is 4.98 Å². The van der Waals surface area contributed by atoms with Crippen LogP contribution in [-0.2, 0) is 6.42 Å². The van der Waals surface area contributed by atoms with Crippen molar-refractivity contribution < 1.29 is 14.3 Å². The van der Waals surface area contributed by atoms with Crippen LogP contribution in [0, 0.1) is 0 Å². The van der Waals surface area contributed by atoms with Gasteiger partial charge in [-0.1, -0.05) is 36.4 Å². The molecule has 3 aromatic rings. The minimum Gasteiger partial charge on any atom is -0.493 e. The zero-order chi connectivity index (χ0) is 18.1. The van der Waals surface area contributed by atoms with Crippen LogP contribution in [-0.4, -0.2) is 25.0 Å². The molecule has 132 valence electrons. The zero-order valence-electron chi connectivity index (χ0n) is 14.9. The first-order valence-electron chi connectivity index (χ1n) is 8.72. The van der Waals surface area contributed by atoms with Crippen LogP contribution in [0.1, 0.15) is 34.0 Å². The number of nitrogens with one attached hydrogen (secondary N) is 1. The minimum absolute atomic E-state index is 0.136. The third-order valence-corrected chi connectivity index (χ3v) is 5.09. The van der Waals surface area contributed by atoms with Gasteiger partial charge in [0.25, 0.3) is 0 Å². The van der Waals surface area contributed by atoms with Crippen molar-refractivity contribution in [3.8, 4) is 22.6 Å². The normalized spacial score (nSPS) is 16.2. The molecule has 0 unspecified atom stereocenters. The van der Waals surface area contributed by atoms with Crippen LogP contribution in [0.5, 0.6) is 11.5 Å². The van der Waals surface area contributed by atoms with Crippen molar-refractivity contribution in [2.75, 3.05) is 14.2 Å². The Kier molecular flexibility index (Phi) is 4.25. The summed E-state index contributed by atoms with van der Waals surface area (Å²) in [4.78, 5) is 16.3. The van der Waals surface area contributed by atoms with E-state index in [9.17, 15) is 4.79 Å². The molecule has 4 heteroatoms. The van der Waals surface area contributed by atoms with Gasteiger partial charge in [-0.25, -0.2) is 0 Å². The van der Waals surface area contributed by atoms with Gasteiger partial charge in [0, 0.05) is 29.4 Å². The maximum atomic E-state index is 12.9. The molecule has 0 fully saturated rings. The fourth-order valence-corrected chi connectivity index (χ4v) is 3.78. The van der Waals surface area contributed by atoms with Crippen molar-refractivity contribution in [3.63, 3.8) is 0 Å². The van der Waals surface area contributed by atoms with Crippen molar-refractivity contribution in [1.29, 1.82) is 0 Å². The summed E-state index contributed by atoms with van der Waals surface area (Å²) in [7, 11) is 3.25. The van der Waals surface area contributed by atoms with E-state index in [1.54, 1.807) is 14.2 Å². The Morgan fingerprint density at radius 2 is 1.73 bits per heavy atom. The largest absolute Gasteiger partial charge is 0.493 e. The minimum atomic E-state index is 0.136. The van der Waals surface area contributed by atoms with Crippen molar-refractivity contribution in [2.24, 2.45) is 0 Å². The average Bonchev–Trinajstić information content (AvgIpc) is 3.12. The lowest BCUT2D eigenvalue weighted by Crippen LogP contribution is -2.18. The first-order chi connectivity index (χ1) is 12.7.